The fraction of sp³-hybridized carbons (Fsp3) is 0.909. The van der Waals surface area contributed by atoms with E-state index in [4.69, 9.17) is 4.74 Å². The average Bonchev–Trinajstić information content (AvgIpc) is 2.87. The molecule has 0 amide bonds. The highest BCUT2D eigenvalue weighted by Crippen LogP contribution is 2.30. The highest BCUT2D eigenvalue weighted by molar-refractivity contribution is 5.79. The van der Waals surface area contributed by atoms with E-state index in [9.17, 15) is 9.90 Å². The van der Waals surface area contributed by atoms with Crippen molar-refractivity contribution >= 4 is 5.97 Å². The Bertz CT molecular complexity index is 230. The molecule has 1 saturated heterocycles. The standard InChI is InChI=1S/C11H19NO3/c13-10(14)11(4-1-2-5-11)12-7-9-3-6-15-8-9/h9,12H,1-8H2,(H,13,14). The van der Waals surface area contributed by atoms with Gasteiger partial charge in [-0.3, -0.25) is 4.79 Å². The van der Waals surface area contributed by atoms with Gasteiger partial charge in [0.05, 0.1) is 6.61 Å². The number of hydrogen-bond acceptors (Lipinski definition) is 3. The Labute approximate surface area is 90.0 Å². The van der Waals surface area contributed by atoms with Crippen LogP contribution >= 0.6 is 0 Å². The van der Waals surface area contributed by atoms with Crippen molar-refractivity contribution in [3.8, 4) is 0 Å². The van der Waals surface area contributed by atoms with Crippen molar-refractivity contribution in [2.75, 3.05) is 19.8 Å². The van der Waals surface area contributed by atoms with E-state index in [-0.39, 0.29) is 0 Å². The number of ether oxygens (including phenoxy) is 1. The van der Waals surface area contributed by atoms with Crippen LogP contribution in [0.3, 0.4) is 0 Å². The third-order valence-corrected chi connectivity index (χ3v) is 3.62. The summed E-state index contributed by atoms with van der Waals surface area (Å²) >= 11 is 0. The van der Waals surface area contributed by atoms with E-state index in [1.165, 1.54) is 0 Å². The van der Waals surface area contributed by atoms with Crippen LogP contribution in [0.25, 0.3) is 0 Å². The molecule has 0 aromatic rings. The number of carboxylic acids is 1. The average molecular weight is 213 g/mol. The number of rotatable bonds is 4. The highest BCUT2D eigenvalue weighted by atomic mass is 16.5. The molecule has 0 aromatic heterocycles. The Hall–Kier alpha value is -0.610. The Morgan fingerprint density at radius 3 is 2.73 bits per heavy atom. The molecule has 2 rings (SSSR count). The third kappa shape index (κ3) is 2.32. The maximum absolute atomic E-state index is 11.2. The first-order valence-corrected chi connectivity index (χ1v) is 5.79. The summed E-state index contributed by atoms with van der Waals surface area (Å²) in [6.45, 7) is 2.39. The zero-order valence-corrected chi connectivity index (χ0v) is 9.00. The zero-order valence-electron chi connectivity index (χ0n) is 9.00. The Morgan fingerprint density at radius 2 is 2.20 bits per heavy atom. The Balaban J connectivity index is 1.86. The lowest BCUT2D eigenvalue weighted by Gasteiger charge is -2.26. The number of hydrogen-bond donors (Lipinski definition) is 2. The molecule has 1 aliphatic heterocycles. The zero-order chi connectivity index (χ0) is 10.7. The first kappa shape index (κ1) is 10.9. The highest BCUT2D eigenvalue weighted by Gasteiger charge is 2.41. The summed E-state index contributed by atoms with van der Waals surface area (Å²) in [5.74, 6) is -0.180. The number of nitrogens with one attached hydrogen (secondary N) is 1. The van der Waals surface area contributed by atoms with Crippen LogP contribution in [-0.4, -0.2) is 36.4 Å². The molecule has 0 aromatic carbocycles. The third-order valence-electron chi connectivity index (χ3n) is 3.62. The van der Waals surface area contributed by atoms with Crippen molar-refractivity contribution in [3.63, 3.8) is 0 Å². The van der Waals surface area contributed by atoms with Gasteiger partial charge in [0.25, 0.3) is 0 Å². The summed E-state index contributed by atoms with van der Waals surface area (Å²) in [5.41, 5.74) is -0.636. The summed E-state index contributed by atoms with van der Waals surface area (Å²) in [6.07, 6.45) is 4.66. The smallest absolute Gasteiger partial charge is 0.323 e. The molecule has 0 spiro atoms. The van der Waals surface area contributed by atoms with E-state index in [2.05, 4.69) is 5.32 Å². The maximum Gasteiger partial charge on any atom is 0.323 e. The van der Waals surface area contributed by atoms with Crippen LogP contribution in [0.4, 0.5) is 0 Å². The summed E-state index contributed by atoms with van der Waals surface area (Å²) in [6, 6.07) is 0. The minimum Gasteiger partial charge on any atom is -0.480 e. The van der Waals surface area contributed by atoms with Crippen LogP contribution in [0.1, 0.15) is 32.1 Å². The van der Waals surface area contributed by atoms with Gasteiger partial charge in [-0.25, -0.2) is 0 Å². The Morgan fingerprint density at radius 1 is 1.47 bits per heavy atom. The molecule has 2 fully saturated rings. The molecule has 1 atom stereocenters. The lowest BCUT2D eigenvalue weighted by atomic mass is 9.96. The van der Waals surface area contributed by atoms with E-state index >= 15 is 0 Å². The van der Waals surface area contributed by atoms with Crippen molar-refractivity contribution < 1.29 is 14.6 Å². The van der Waals surface area contributed by atoms with Crippen LogP contribution in [-0.2, 0) is 9.53 Å². The van der Waals surface area contributed by atoms with Gasteiger partial charge in [-0.2, -0.15) is 0 Å². The van der Waals surface area contributed by atoms with Gasteiger partial charge in [0.1, 0.15) is 5.54 Å². The van der Waals surface area contributed by atoms with E-state index < -0.39 is 11.5 Å². The molecule has 1 heterocycles. The van der Waals surface area contributed by atoms with Gasteiger partial charge in [0.15, 0.2) is 0 Å². The SMILES string of the molecule is O=C(O)C1(NCC2CCOC2)CCCC1. The van der Waals surface area contributed by atoms with E-state index in [0.29, 0.717) is 5.92 Å². The van der Waals surface area contributed by atoms with Crippen molar-refractivity contribution in [2.45, 2.75) is 37.6 Å². The lowest BCUT2D eigenvalue weighted by Crippen LogP contribution is -2.51. The topological polar surface area (TPSA) is 58.6 Å². The molecule has 15 heavy (non-hydrogen) atoms. The molecule has 4 heteroatoms. The molecule has 4 nitrogen and oxygen atoms in total. The number of carbonyl (C=O) groups is 1. The monoisotopic (exact) mass is 213 g/mol. The van der Waals surface area contributed by atoms with Crippen LogP contribution < -0.4 is 5.32 Å². The molecule has 86 valence electrons. The second-order valence-corrected chi connectivity index (χ2v) is 4.70. The van der Waals surface area contributed by atoms with Crippen LogP contribution in [0.2, 0.25) is 0 Å². The van der Waals surface area contributed by atoms with Crippen LogP contribution in [0.15, 0.2) is 0 Å². The normalized spacial score (nSPS) is 29.5. The van der Waals surface area contributed by atoms with Crippen molar-refractivity contribution in [1.82, 2.24) is 5.32 Å². The minimum absolute atomic E-state index is 0.502. The van der Waals surface area contributed by atoms with Gasteiger partial charge in [0.2, 0.25) is 0 Å². The maximum atomic E-state index is 11.2. The summed E-state index contributed by atoms with van der Waals surface area (Å²) in [5, 5.41) is 12.5. The van der Waals surface area contributed by atoms with Crippen LogP contribution in [0.5, 0.6) is 0 Å². The fourth-order valence-corrected chi connectivity index (χ4v) is 2.53. The molecule has 0 bridgehead atoms. The molecular formula is C11H19NO3. The van der Waals surface area contributed by atoms with Crippen molar-refractivity contribution in [2.24, 2.45) is 5.92 Å². The first-order valence-electron chi connectivity index (χ1n) is 5.79. The number of carboxylic acid groups (broad SMARTS) is 1. The van der Waals surface area contributed by atoms with Crippen LogP contribution in [0, 0.1) is 5.92 Å². The van der Waals surface area contributed by atoms with E-state index in [1.54, 1.807) is 0 Å². The van der Waals surface area contributed by atoms with E-state index in [1.807, 2.05) is 0 Å². The molecule has 2 aliphatic rings. The van der Waals surface area contributed by atoms with Gasteiger partial charge >= 0.3 is 5.97 Å². The second-order valence-electron chi connectivity index (χ2n) is 4.70. The quantitative estimate of drug-likeness (QED) is 0.731. The van der Waals surface area contributed by atoms with Gasteiger partial charge < -0.3 is 15.2 Å². The minimum atomic E-state index is -0.682. The molecule has 1 saturated carbocycles. The first-order chi connectivity index (χ1) is 7.23. The Kier molecular flexibility index (Phi) is 3.26. The van der Waals surface area contributed by atoms with Gasteiger partial charge in [-0.1, -0.05) is 12.8 Å². The lowest BCUT2D eigenvalue weighted by molar-refractivity contribution is -0.144. The van der Waals surface area contributed by atoms with E-state index in [0.717, 1.165) is 51.9 Å². The largest absolute Gasteiger partial charge is 0.480 e. The predicted molar refractivity (Wildman–Crippen MR) is 55.8 cm³/mol. The van der Waals surface area contributed by atoms with Gasteiger partial charge in [0, 0.05) is 13.2 Å². The summed E-state index contributed by atoms with van der Waals surface area (Å²) < 4.78 is 5.28. The van der Waals surface area contributed by atoms with Crippen molar-refractivity contribution in [1.29, 1.82) is 0 Å². The fourth-order valence-electron chi connectivity index (χ4n) is 2.53. The second kappa shape index (κ2) is 4.49. The molecule has 2 N–H and O–H groups in total. The molecule has 0 radical (unpaired) electrons. The molecular weight excluding hydrogens is 194 g/mol. The number of aliphatic carboxylic acids is 1. The summed E-state index contributed by atoms with van der Waals surface area (Å²) in [7, 11) is 0. The van der Waals surface area contributed by atoms with Gasteiger partial charge in [-0.05, 0) is 25.2 Å². The summed E-state index contributed by atoms with van der Waals surface area (Å²) in [4.78, 5) is 11.2. The van der Waals surface area contributed by atoms with Gasteiger partial charge in [-0.15, -0.1) is 0 Å². The van der Waals surface area contributed by atoms with Crippen molar-refractivity contribution in [3.05, 3.63) is 0 Å². The predicted octanol–water partition coefficient (Wildman–Crippen LogP) is 1.01. The molecule has 1 unspecified atom stereocenters. The molecule has 1 aliphatic carbocycles.